The summed E-state index contributed by atoms with van der Waals surface area (Å²) in [4.78, 5) is 10.1. The van der Waals surface area contributed by atoms with E-state index in [2.05, 4.69) is 20.6 Å². The van der Waals surface area contributed by atoms with E-state index in [0.29, 0.717) is 0 Å². The molecule has 3 heteroatoms. The molecule has 0 radical (unpaired) electrons. The molecule has 0 heterocycles. The van der Waals surface area contributed by atoms with Gasteiger partial charge in [-0.1, -0.05) is 15.8 Å². The molecule has 0 aliphatic rings. The Morgan fingerprint density at radius 1 is 2.00 bits per heavy atom. The highest BCUT2D eigenvalue weighted by molar-refractivity contribution is 7.17. The van der Waals surface area contributed by atoms with Crippen LogP contribution in [0.25, 0.3) is 0 Å². The Morgan fingerprint density at radius 2 is 2.50 bits per heavy atom. The van der Waals surface area contributed by atoms with Crippen molar-refractivity contribution in [2.24, 2.45) is 0 Å². The molecule has 0 amide bonds. The average molecular weight is 132 g/mol. The SMILES string of the molecule is C=CC(P)OC(C)=O. The molecule has 0 saturated carbocycles. The van der Waals surface area contributed by atoms with Crippen molar-refractivity contribution in [2.75, 3.05) is 0 Å². The zero-order chi connectivity index (χ0) is 6.57. The maximum Gasteiger partial charge on any atom is 0.303 e. The molecule has 8 heavy (non-hydrogen) atoms. The largest absolute Gasteiger partial charge is 0.454 e. The van der Waals surface area contributed by atoms with Gasteiger partial charge in [-0.15, -0.1) is 0 Å². The molecule has 0 N–H and O–H groups in total. The molecule has 46 valence electrons. The molecular formula is C5H9O2P. The topological polar surface area (TPSA) is 26.3 Å². The van der Waals surface area contributed by atoms with Crippen molar-refractivity contribution in [3.05, 3.63) is 12.7 Å². The van der Waals surface area contributed by atoms with E-state index in [1.807, 2.05) is 0 Å². The molecule has 0 aromatic carbocycles. The third kappa shape index (κ3) is 3.82. The van der Waals surface area contributed by atoms with Crippen LogP contribution in [0.4, 0.5) is 0 Å². The Kier molecular flexibility index (Phi) is 3.46. The first-order chi connectivity index (χ1) is 3.66. The highest BCUT2D eigenvalue weighted by atomic mass is 31.0. The lowest BCUT2D eigenvalue weighted by molar-refractivity contribution is -0.140. The van der Waals surface area contributed by atoms with Gasteiger partial charge in [0, 0.05) is 6.92 Å². The minimum Gasteiger partial charge on any atom is -0.454 e. The fourth-order valence-electron chi connectivity index (χ4n) is 0.240. The molecule has 2 unspecified atom stereocenters. The van der Waals surface area contributed by atoms with Crippen LogP contribution in [0.15, 0.2) is 12.7 Å². The van der Waals surface area contributed by atoms with Crippen molar-refractivity contribution in [3.63, 3.8) is 0 Å². The van der Waals surface area contributed by atoms with Gasteiger partial charge in [-0.2, -0.15) is 0 Å². The molecule has 0 bridgehead atoms. The Bertz CT molecular complexity index is 101. The summed E-state index contributed by atoms with van der Waals surface area (Å²) in [5.74, 6) is -0.530. The van der Waals surface area contributed by atoms with Crippen LogP contribution in [0.1, 0.15) is 6.92 Å². The molecule has 0 spiro atoms. The normalized spacial score (nSPS) is 12.2. The van der Waals surface area contributed by atoms with Gasteiger partial charge >= 0.3 is 5.97 Å². The van der Waals surface area contributed by atoms with Crippen molar-refractivity contribution in [1.82, 2.24) is 0 Å². The predicted octanol–water partition coefficient (Wildman–Crippen LogP) is 0.937. The third-order valence-corrected chi connectivity index (χ3v) is 0.943. The van der Waals surface area contributed by atoms with E-state index in [1.54, 1.807) is 0 Å². The summed E-state index contributed by atoms with van der Waals surface area (Å²) in [6.07, 6.45) is 1.53. The van der Waals surface area contributed by atoms with E-state index < -0.39 is 0 Å². The van der Waals surface area contributed by atoms with Gasteiger partial charge in [0.25, 0.3) is 0 Å². The van der Waals surface area contributed by atoms with Crippen molar-refractivity contribution < 1.29 is 9.53 Å². The highest BCUT2D eigenvalue weighted by Gasteiger charge is 1.96. The first-order valence-corrected chi connectivity index (χ1v) is 2.89. The monoisotopic (exact) mass is 132 g/mol. The van der Waals surface area contributed by atoms with E-state index in [9.17, 15) is 4.79 Å². The first-order valence-electron chi connectivity index (χ1n) is 2.22. The quantitative estimate of drug-likeness (QED) is 0.317. The number of ether oxygens (including phenoxy) is 1. The van der Waals surface area contributed by atoms with Gasteiger partial charge in [0.2, 0.25) is 0 Å². The number of esters is 1. The summed E-state index contributed by atoms with van der Waals surface area (Å²) in [6, 6.07) is 0. The fourth-order valence-corrected chi connectivity index (χ4v) is 0.431. The third-order valence-electron chi connectivity index (χ3n) is 0.534. The Balaban J connectivity index is 3.38. The maximum absolute atomic E-state index is 10.1. The van der Waals surface area contributed by atoms with Crippen LogP contribution in [0, 0.1) is 0 Å². The van der Waals surface area contributed by atoms with Crippen LogP contribution in [0.3, 0.4) is 0 Å². The fraction of sp³-hybridized carbons (Fsp3) is 0.400. The van der Waals surface area contributed by atoms with E-state index in [4.69, 9.17) is 0 Å². The minimum atomic E-state index is -0.287. The second-order valence-electron chi connectivity index (χ2n) is 1.31. The van der Waals surface area contributed by atoms with Crippen molar-refractivity contribution in [2.45, 2.75) is 12.8 Å². The Morgan fingerprint density at radius 3 is 2.62 bits per heavy atom. The summed E-state index contributed by atoms with van der Waals surface area (Å²) in [5, 5.41) is 0. The highest BCUT2D eigenvalue weighted by Crippen LogP contribution is 2.01. The lowest BCUT2D eigenvalue weighted by Crippen LogP contribution is -2.04. The van der Waals surface area contributed by atoms with E-state index in [-0.39, 0.29) is 11.8 Å². The lowest BCUT2D eigenvalue weighted by atomic mass is 10.7. The van der Waals surface area contributed by atoms with Crippen LogP contribution in [-0.2, 0) is 9.53 Å². The standard InChI is InChI=1S/C5H9O2P/c1-3-5(8)7-4(2)6/h3,5H,1,8H2,2H3. The van der Waals surface area contributed by atoms with Crippen LogP contribution in [0.5, 0.6) is 0 Å². The number of hydrogen-bond donors (Lipinski definition) is 0. The molecule has 0 aromatic rings. The molecular weight excluding hydrogens is 123 g/mol. The van der Waals surface area contributed by atoms with E-state index in [0.717, 1.165) is 0 Å². The number of carbonyl (C=O) groups excluding carboxylic acids is 1. The molecule has 0 aromatic heterocycles. The minimum absolute atomic E-state index is 0.243. The van der Waals surface area contributed by atoms with Crippen LogP contribution >= 0.6 is 9.24 Å². The van der Waals surface area contributed by atoms with Crippen molar-refractivity contribution in [1.29, 1.82) is 0 Å². The van der Waals surface area contributed by atoms with Gasteiger partial charge in [-0.3, -0.25) is 4.79 Å². The van der Waals surface area contributed by atoms with Gasteiger partial charge in [0.1, 0.15) is 5.85 Å². The van der Waals surface area contributed by atoms with E-state index in [1.165, 1.54) is 13.0 Å². The van der Waals surface area contributed by atoms with Gasteiger partial charge in [0.15, 0.2) is 0 Å². The second kappa shape index (κ2) is 3.62. The molecule has 0 saturated heterocycles. The summed E-state index contributed by atoms with van der Waals surface area (Å²) < 4.78 is 4.61. The van der Waals surface area contributed by atoms with E-state index >= 15 is 0 Å². The smallest absolute Gasteiger partial charge is 0.303 e. The molecule has 2 nitrogen and oxygen atoms in total. The Labute approximate surface area is 51.1 Å². The number of rotatable bonds is 2. The molecule has 0 aliphatic heterocycles. The first kappa shape index (κ1) is 7.64. The Hall–Kier alpha value is -0.360. The molecule has 0 rings (SSSR count). The van der Waals surface area contributed by atoms with Gasteiger partial charge in [-0.05, 0) is 6.08 Å². The van der Waals surface area contributed by atoms with Crippen LogP contribution in [0.2, 0.25) is 0 Å². The number of hydrogen-bond acceptors (Lipinski definition) is 2. The molecule has 2 atom stereocenters. The lowest BCUT2D eigenvalue weighted by Gasteiger charge is -2.03. The summed E-state index contributed by atoms with van der Waals surface area (Å²) in [5.41, 5.74) is 0. The predicted molar refractivity (Wildman–Crippen MR) is 35.5 cm³/mol. The summed E-state index contributed by atoms with van der Waals surface area (Å²) in [6.45, 7) is 4.78. The maximum atomic E-state index is 10.1. The molecule has 0 aliphatic carbocycles. The van der Waals surface area contributed by atoms with Gasteiger partial charge in [-0.25, -0.2) is 0 Å². The summed E-state index contributed by atoms with van der Waals surface area (Å²) >= 11 is 0. The zero-order valence-electron chi connectivity index (χ0n) is 4.76. The van der Waals surface area contributed by atoms with Gasteiger partial charge < -0.3 is 4.74 Å². The van der Waals surface area contributed by atoms with Crippen molar-refractivity contribution in [3.8, 4) is 0 Å². The zero-order valence-corrected chi connectivity index (χ0v) is 5.91. The van der Waals surface area contributed by atoms with Crippen LogP contribution < -0.4 is 0 Å². The second-order valence-corrected chi connectivity index (χ2v) is 1.97. The number of carbonyl (C=O) groups is 1. The molecule has 0 fully saturated rings. The summed E-state index contributed by atoms with van der Waals surface area (Å²) in [7, 11) is 2.32. The van der Waals surface area contributed by atoms with Gasteiger partial charge in [0.05, 0.1) is 0 Å². The average Bonchev–Trinajstić information content (AvgIpc) is 1.65. The van der Waals surface area contributed by atoms with Crippen LogP contribution in [-0.4, -0.2) is 11.8 Å². The van der Waals surface area contributed by atoms with Crippen molar-refractivity contribution >= 4 is 15.2 Å².